The van der Waals surface area contributed by atoms with Gasteiger partial charge in [0.05, 0.1) is 11.7 Å². The summed E-state index contributed by atoms with van der Waals surface area (Å²) in [4.78, 5) is 0.717. The Labute approximate surface area is 108 Å². The summed E-state index contributed by atoms with van der Waals surface area (Å²) in [6, 6.07) is 0. The van der Waals surface area contributed by atoms with Crippen LogP contribution in [-0.2, 0) is 4.74 Å². The predicted octanol–water partition coefficient (Wildman–Crippen LogP) is 4.82. The molecule has 2 atom stereocenters. The quantitative estimate of drug-likeness (QED) is 0.659. The highest BCUT2D eigenvalue weighted by molar-refractivity contribution is 9.09. The zero-order valence-corrected chi connectivity index (χ0v) is 12.1. The largest absolute Gasteiger partial charge is 0.372 e. The maximum atomic E-state index is 6.31. The number of rotatable bonds is 5. The second-order valence-electron chi connectivity index (χ2n) is 5.61. The Morgan fingerprint density at radius 1 is 1.31 bits per heavy atom. The molecule has 1 heterocycles. The molecular weight excluding hydrogens is 264 g/mol. The zero-order valence-electron chi connectivity index (χ0n) is 10.5. The molecule has 2 heteroatoms. The molecule has 0 N–H and O–H groups in total. The summed E-state index contributed by atoms with van der Waals surface area (Å²) in [5, 5.41) is 0. The third-order valence-corrected chi connectivity index (χ3v) is 5.45. The molecular formula is C14H25BrO. The fourth-order valence-corrected chi connectivity index (χ4v) is 3.58. The van der Waals surface area contributed by atoms with Gasteiger partial charge in [-0.2, -0.15) is 0 Å². The SMILES string of the molecule is CCC(Br)CCCC1CCC2(CCCC2)O1. The molecule has 0 aromatic rings. The standard InChI is InChI=1S/C14H25BrO/c1-2-12(15)6-5-7-13-8-11-14(16-13)9-3-4-10-14/h12-13H,2-11H2,1H3. The zero-order chi connectivity index (χ0) is 11.4. The minimum absolute atomic E-state index is 0.337. The Bertz CT molecular complexity index is 211. The van der Waals surface area contributed by atoms with Crippen molar-refractivity contribution in [3.63, 3.8) is 0 Å². The molecule has 0 radical (unpaired) electrons. The normalized spacial score (nSPS) is 30.0. The molecule has 0 amide bonds. The molecule has 1 saturated carbocycles. The molecule has 0 bridgehead atoms. The Hall–Kier alpha value is 0.440. The van der Waals surface area contributed by atoms with Gasteiger partial charge in [-0.25, -0.2) is 0 Å². The van der Waals surface area contributed by atoms with E-state index in [1.807, 2.05) is 0 Å². The topological polar surface area (TPSA) is 9.23 Å². The summed E-state index contributed by atoms with van der Waals surface area (Å²) in [5.74, 6) is 0. The molecule has 1 aliphatic carbocycles. The van der Waals surface area contributed by atoms with Crippen LogP contribution in [0.15, 0.2) is 0 Å². The molecule has 1 aliphatic heterocycles. The van der Waals surface area contributed by atoms with E-state index in [1.165, 1.54) is 64.2 Å². The summed E-state index contributed by atoms with van der Waals surface area (Å²) >= 11 is 3.71. The lowest BCUT2D eigenvalue weighted by atomic mass is 9.97. The number of ether oxygens (including phenoxy) is 1. The third-order valence-electron chi connectivity index (χ3n) is 4.34. The van der Waals surface area contributed by atoms with E-state index in [0.29, 0.717) is 16.5 Å². The molecule has 2 fully saturated rings. The van der Waals surface area contributed by atoms with Crippen LogP contribution in [0.3, 0.4) is 0 Å². The van der Waals surface area contributed by atoms with Gasteiger partial charge in [-0.05, 0) is 51.4 Å². The van der Waals surface area contributed by atoms with Gasteiger partial charge >= 0.3 is 0 Å². The Kier molecular flexibility index (Phi) is 4.72. The maximum Gasteiger partial charge on any atom is 0.0687 e. The average molecular weight is 289 g/mol. The molecule has 16 heavy (non-hydrogen) atoms. The van der Waals surface area contributed by atoms with Gasteiger partial charge in [0.1, 0.15) is 0 Å². The van der Waals surface area contributed by atoms with Gasteiger partial charge in [0.15, 0.2) is 0 Å². The summed E-state index contributed by atoms with van der Waals surface area (Å²) < 4.78 is 6.31. The van der Waals surface area contributed by atoms with Crippen molar-refractivity contribution in [2.75, 3.05) is 0 Å². The van der Waals surface area contributed by atoms with Crippen LogP contribution >= 0.6 is 15.9 Å². The number of halogens is 1. The molecule has 94 valence electrons. The van der Waals surface area contributed by atoms with Crippen molar-refractivity contribution in [3.05, 3.63) is 0 Å². The van der Waals surface area contributed by atoms with Crippen LogP contribution in [-0.4, -0.2) is 16.5 Å². The monoisotopic (exact) mass is 288 g/mol. The van der Waals surface area contributed by atoms with Crippen molar-refractivity contribution in [2.45, 2.75) is 87.7 Å². The first-order valence-corrected chi connectivity index (χ1v) is 7.97. The second-order valence-corrected chi connectivity index (χ2v) is 6.90. The Balaban J connectivity index is 1.65. The Morgan fingerprint density at radius 3 is 2.75 bits per heavy atom. The van der Waals surface area contributed by atoms with Gasteiger partial charge in [-0.3, -0.25) is 0 Å². The predicted molar refractivity (Wildman–Crippen MR) is 72.2 cm³/mol. The maximum absolute atomic E-state index is 6.31. The van der Waals surface area contributed by atoms with Crippen LogP contribution in [0.4, 0.5) is 0 Å². The molecule has 0 aromatic heterocycles. The lowest BCUT2D eigenvalue weighted by molar-refractivity contribution is -0.0394. The van der Waals surface area contributed by atoms with Crippen molar-refractivity contribution in [2.24, 2.45) is 0 Å². The van der Waals surface area contributed by atoms with Crippen molar-refractivity contribution < 1.29 is 4.74 Å². The van der Waals surface area contributed by atoms with Crippen LogP contribution in [0.2, 0.25) is 0 Å². The smallest absolute Gasteiger partial charge is 0.0687 e. The molecule has 2 rings (SSSR count). The van der Waals surface area contributed by atoms with E-state index >= 15 is 0 Å². The minimum atomic E-state index is 0.337. The fraction of sp³-hybridized carbons (Fsp3) is 1.00. The molecule has 2 aliphatic rings. The summed E-state index contributed by atoms with van der Waals surface area (Å²) in [5.41, 5.74) is 0.337. The van der Waals surface area contributed by atoms with Crippen LogP contribution in [0.1, 0.15) is 71.1 Å². The van der Waals surface area contributed by atoms with Gasteiger partial charge < -0.3 is 4.74 Å². The Morgan fingerprint density at radius 2 is 2.06 bits per heavy atom. The van der Waals surface area contributed by atoms with E-state index in [0.717, 1.165) is 0 Å². The number of hydrogen-bond donors (Lipinski definition) is 0. The lowest BCUT2D eigenvalue weighted by Crippen LogP contribution is -2.24. The number of alkyl halides is 1. The van der Waals surface area contributed by atoms with Crippen LogP contribution < -0.4 is 0 Å². The van der Waals surface area contributed by atoms with Crippen molar-refractivity contribution in [3.8, 4) is 0 Å². The first kappa shape index (κ1) is 12.9. The molecule has 1 saturated heterocycles. The molecule has 1 spiro atoms. The first-order chi connectivity index (χ1) is 7.74. The number of hydrogen-bond acceptors (Lipinski definition) is 1. The summed E-state index contributed by atoms with van der Waals surface area (Å²) in [6.07, 6.45) is 13.8. The van der Waals surface area contributed by atoms with Gasteiger partial charge in [-0.15, -0.1) is 0 Å². The van der Waals surface area contributed by atoms with E-state index in [9.17, 15) is 0 Å². The molecule has 2 unspecified atom stereocenters. The minimum Gasteiger partial charge on any atom is -0.372 e. The van der Waals surface area contributed by atoms with Crippen LogP contribution in [0.5, 0.6) is 0 Å². The van der Waals surface area contributed by atoms with E-state index in [-0.39, 0.29) is 0 Å². The first-order valence-electron chi connectivity index (χ1n) is 7.06. The highest BCUT2D eigenvalue weighted by atomic mass is 79.9. The van der Waals surface area contributed by atoms with Crippen molar-refractivity contribution >= 4 is 15.9 Å². The highest BCUT2D eigenvalue weighted by Crippen LogP contribution is 2.44. The van der Waals surface area contributed by atoms with Crippen molar-refractivity contribution in [1.29, 1.82) is 0 Å². The van der Waals surface area contributed by atoms with E-state index in [2.05, 4.69) is 22.9 Å². The van der Waals surface area contributed by atoms with E-state index in [1.54, 1.807) is 0 Å². The highest BCUT2D eigenvalue weighted by Gasteiger charge is 2.41. The van der Waals surface area contributed by atoms with Crippen LogP contribution in [0, 0.1) is 0 Å². The molecule has 0 aromatic carbocycles. The van der Waals surface area contributed by atoms with Gasteiger partial charge in [0.2, 0.25) is 0 Å². The van der Waals surface area contributed by atoms with Crippen molar-refractivity contribution in [1.82, 2.24) is 0 Å². The summed E-state index contributed by atoms with van der Waals surface area (Å²) in [7, 11) is 0. The average Bonchev–Trinajstić information content (AvgIpc) is 2.90. The summed E-state index contributed by atoms with van der Waals surface area (Å²) in [6.45, 7) is 2.25. The third kappa shape index (κ3) is 3.22. The fourth-order valence-electron chi connectivity index (χ4n) is 3.26. The van der Waals surface area contributed by atoms with Crippen LogP contribution in [0.25, 0.3) is 0 Å². The lowest BCUT2D eigenvalue weighted by Gasteiger charge is -2.23. The van der Waals surface area contributed by atoms with Gasteiger partial charge in [0, 0.05) is 4.83 Å². The van der Waals surface area contributed by atoms with E-state index in [4.69, 9.17) is 4.74 Å². The van der Waals surface area contributed by atoms with Gasteiger partial charge in [-0.1, -0.05) is 35.7 Å². The van der Waals surface area contributed by atoms with E-state index < -0.39 is 0 Å². The molecule has 1 nitrogen and oxygen atoms in total. The van der Waals surface area contributed by atoms with Gasteiger partial charge in [0.25, 0.3) is 0 Å². The second kappa shape index (κ2) is 5.86.